The van der Waals surface area contributed by atoms with E-state index in [1.807, 2.05) is 0 Å². The van der Waals surface area contributed by atoms with Crippen molar-refractivity contribution < 1.29 is 58.8 Å². The Labute approximate surface area is 279 Å². The van der Waals surface area contributed by atoms with E-state index < -0.39 is 76.1 Å². The van der Waals surface area contributed by atoms with Gasteiger partial charge < -0.3 is 59.3 Å². The fourth-order valence-corrected chi connectivity index (χ4v) is 7.37. The predicted molar refractivity (Wildman–Crippen MR) is 170 cm³/mol. The first kappa shape index (κ1) is 33.3. The first-order valence-electron chi connectivity index (χ1n) is 16.1. The van der Waals surface area contributed by atoms with E-state index in [4.69, 9.17) is 23.4 Å². The Kier molecular flexibility index (Phi) is 8.34. The molecule has 3 aromatic rings. The average Bonchev–Trinajstić information content (AvgIpc) is 3.61. The van der Waals surface area contributed by atoms with Gasteiger partial charge >= 0.3 is 5.97 Å². The number of rotatable bonds is 8. The van der Waals surface area contributed by atoms with Gasteiger partial charge in [0.2, 0.25) is 17.8 Å². The van der Waals surface area contributed by atoms with E-state index in [0.29, 0.717) is 37.4 Å². The molecule has 1 saturated carbocycles. The fraction of sp³-hybridized carbons (Fsp3) is 0.471. The Balaban J connectivity index is 1.35. The van der Waals surface area contributed by atoms with Crippen LogP contribution in [-0.4, -0.2) is 98.5 Å². The van der Waals surface area contributed by atoms with Crippen molar-refractivity contribution in [3.8, 4) is 34.3 Å². The summed E-state index contributed by atoms with van der Waals surface area (Å²) in [5, 5.41) is 74.1. The number of carboxylic acids is 1. The minimum absolute atomic E-state index is 0.125. The molecule has 49 heavy (non-hydrogen) atoms. The van der Waals surface area contributed by atoms with Crippen molar-refractivity contribution in [2.24, 2.45) is 5.92 Å². The summed E-state index contributed by atoms with van der Waals surface area (Å²) in [4.78, 5) is 26.0. The number of carbonyl (C=O) groups is 1. The molecule has 3 fully saturated rings. The van der Waals surface area contributed by atoms with Gasteiger partial charge in [0.25, 0.3) is 0 Å². The number of phenols is 1. The van der Waals surface area contributed by atoms with Crippen LogP contribution in [0.3, 0.4) is 0 Å². The zero-order chi connectivity index (χ0) is 34.7. The number of hydrogen-bond donors (Lipinski definition) is 8. The Morgan fingerprint density at radius 2 is 1.80 bits per heavy atom. The van der Waals surface area contributed by atoms with Crippen molar-refractivity contribution in [3.63, 3.8) is 0 Å². The third-order valence-electron chi connectivity index (χ3n) is 10.00. The lowest BCUT2D eigenvalue weighted by Gasteiger charge is -2.56. The molecule has 2 bridgehead atoms. The first-order valence-corrected chi connectivity index (χ1v) is 16.1. The van der Waals surface area contributed by atoms with Crippen LogP contribution in [0.2, 0.25) is 0 Å². The Morgan fingerprint density at radius 1 is 1.06 bits per heavy atom. The number of carboxylic acid groups (broad SMARTS) is 1. The number of aliphatic hydroxyl groups is 4. The Morgan fingerprint density at radius 3 is 2.45 bits per heavy atom. The molecule has 2 aliphatic heterocycles. The quantitative estimate of drug-likeness (QED) is 0.122. The lowest BCUT2D eigenvalue weighted by atomic mass is 9.63. The monoisotopic (exact) mass is 682 g/mol. The first-order chi connectivity index (χ1) is 23.4. The van der Waals surface area contributed by atoms with Crippen LogP contribution in [-0.2, 0) is 9.53 Å². The summed E-state index contributed by atoms with van der Waals surface area (Å²) in [5.41, 5.74) is -5.34. The topological polar surface area (TPSA) is 230 Å². The second-order valence-corrected chi connectivity index (χ2v) is 13.0. The van der Waals surface area contributed by atoms with Gasteiger partial charge in [-0.25, -0.2) is 4.79 Å². The largest absolute Gasteiger partial charge is 0.504 e. The van der Waals surface area contributed by atoms with Crippen LogP contribution in [0.25, 0.3) is 22.3 Å². The minimum Gasteiger partial charge on any atom is -0.504 e. The number of methoxy groups -OCH3 is 1. The minimum atomic E-state index is -2.52. The molecular weight excluding hydrogens is 644 g/mol. The summed E-state index contributed by atoms with van der Waals surface area (Å²) in [6, 6.07) is 8.53. The standard InChI is InChI=1S/C34H38N2O13/c1-45-18-7-5-17(6-8-18)22-13-21(37)25-23(46-22)14-24(27(26(25)38)49-32(42)10-3-2-4-11-32)47-31-33(43)12-9-19(20-15-35-16-36-20)34(44,30(33)41)28(48-31)29(39)40/h5-9,12-14,19-20,28,30-31,35-36,38,41-44H,2-4,10-11,15-16H2,1H3,(H,39,40)/t19-,20-,28-,30+,31-,33-,34-/m1/s1. The summed E-state index contributed by atoms with van der Waals surface area (Å²) in [7, 11) is 1.51. The van der Waals surface area contributed by atoms with Crippen molar-refractivity contribution in [3.05, 3.63) is 58.8 Å². The molecule has 2 aromatic carbocycles. The van der Waals surface area contributed by atoms with Crippen LogP contribution in [0.4, 0.5) is 0 Å². The molecule has 15 heteroatoms. The predicted octanol–water partition coefficient (Wildman–Crippen LogP) is 0.922. The number of aromatic hydroxyl groups is 1. The molecule has 1 aromatic heterocycles. The smallest absolute Gasteiger partial charge is 0.336 e. The Hall–Kier alpha value is -4.22. The second kappa shape index (κ2) is 12.3. The van der Waals surface area contributed by atoms with Crippen LogP contribution < -0.4 is 30.3 Å². The maximum Gasteiger partial charge on any atom is 0.336 e. The highest BCUT2D eigenvalue weighted by Gasteiger charge is 2.70. The highest BCUT2D eigenvalue weighted by molar-refractivity contribution is 5.89. The lowest BCUT2D eigenvalue weighted by molar-refractivity contribution is -0.342. The average molecular weight is 683 g/mol. The number of phenolic OH excluding ortho intramolecular Hbond substituents is 1. The van der Waals surface area contributed by atoms with Crippen molar-refractivity contribution in [2.45, 2.75) is 73.6 Å². The normalized spacial score (nSPS) is 32.1. The number of hydrogen-bond acceptors (Lipinski definition) is 14. The van der Waals surface area contributed by atoms with Crippen LogP contribution in [0, 0.1) is 5.92 Å². The number of nitrogens with one attached hydrogen (secondary N) is 2. The summed E-state index contributed by atoms with van der Waals surface area (Å²) in [6.45, 7) is 0.727. The van der Waals surface area contributed by atoms with E-state index in [1.165, 1.54) is 31.4 Å². The molecule has 0 spiro atoms. The van der Waals surface area contributed by atoms with Gasteiger partial charge in [-0.1, -0.05) is 12.5 Å². The van der Waals surface area contributed by atoms with Gasteiger partial charge in [-0.15, -0.1) is 0 Å². The van der Waals surface area contributed by atoms with Crippen molar-refractivity contribution in [2.75, 3.05) is 20.3 Å². The van der Waals surface area contributed by atoms with Gasteiger partial charge in [-0.2, -0.15) is 0 Å². The highest BCUT2D eigenvalue weighted by atomic mass is 16.7. The molecule has 0 unspecified atom stereocenters. The SMILES string of the molecule is COc1ccc(-c2cc(=O)c3c(O)c(OC4(O)CCCCC4)c(O[C@@H]4O[C@H](C(=O)O)[C@]5(O)[C@@H]([C@H]6CNCN6)C=C[C@@]4(O)[C@@H]5O)cc3o2)cc1. The number of fused-ring (bicyclic) bond motifs is 3. The lowest BCUT2D eigenvalue weighted by Crippen LogP contribution is -2.79. The number of ether oxygens (including phenoxy) is 4. The van der Waals surface area contributed by atoms with Crippen LogP contribution in [0.1, 0.15) is 32.1 Å². The second-order valence-electron chi connectivity index (χ2n) is 13.0. The maximum atomic E-state index is 13.5. The van der Waals surface area contributed by atoms with Gasteiger partial charge in [0.05, 0.1) is 7.11 Å². The molecule has 2 saturated heterocycles. The fourth-order valence-electron chi connectivity index (χ4n) is 7.37. The molecule has 262 valence electrons. The summed E-state index contributed by atoms with van der Waals surface area (Å²) in [6.07, 6.45) is -1.18. The summed E-state index contributed by atoms with van der Waals surface area (Å²) >= 11 is 0. The van der Waals surface area contributed by atoms with Gasteiger partial charge in [-0.3, -0.25) is 10.1 Å². The zero-order valence-electron chi connectivity index (χ0n) is 26.5. The van der Waals surface area contributed by atoms with Crippen LogP contribution in [0.5, 0.6) is 23.0 Å². The van der Waals surface area contributed by atoms with E-state index in [-0.39, 0.29) is 29.6 Å². The van der Waals surface area contributed by atoms with E-state index in [1.54, 1.807) is 24.3 Å². The molecule has 7 atom stereocenters. The Bertz CT molecular complexity index is 1830. The molecule has 0 amide bonds. The van der Waals surface area contributed by atoms with Crippen LogP contribution in [0.15, 0.2) is 57.8 Å². The molecule has 8 N–H and O–H groups in total. The molecule has 0 radical (unpaired) electrons. The summed E-state index contributed by atoms with van der Waals surface area (Å²) < 4.78 is 29.0. The zero-order valence-corrected chi connectivity index (χ0v) is 26.5. The van der Waals surface area contributed by atoms with Crippen LogP contribution >= 0.6 is 0 Å². The van der Waals surface area contributed by atoms with Crippen molar-refractivity contribution in [1.82, 2.24) is 10.6 Å². The third kappa shape index (κ3) is 5.51. The molecular formula is C34H38N2O13. The number of aliphatic hydroxyl groups excluding tert-OH is 1. The highest BCUT2D eigenvalue weighted by Crippen LogP contribution is 2.51. The molecule has 15 nitrogen and oxygen atoms in total. The van der Waals surface area contributed by atoms with Crippen molar-refractivity contribution >= 4 is 16.9 Å². The molecule has 2 aliphatic carbocycles. The van der Waals surface area contributed by atoms with Gasteiger partial charge in [-0.05, 0) is 43.2 Å². The number of benzene rings is 2. The summed E-state index contributed by atoms with van der Waals surface area (Å²) in [5.74, 6) is -5.33. The van der Waals surface area contributed by atoms with Gasteiger partial charge in [0.1, 0.15) is 34.2 Å². The number of aliphatic carboxylic acids is 1. The van der Waals surface area contributed by atoms with E-state index >= 15 is 0 Å². The van der Waals surface area contributed by atoms with Gasteiger partial charge in [0, 0.05) is 55.7 Å². The van der Waals surface area contributed by atoms with Crippen molar-refractivity contribution in [1.29, 1.82) is 0 Å². The molecule has 3 heterocycles. The maximum absolute atomic E-state index is 13.5. The van der Waals surface area contributed by atoms with E-state index in [9.17, 15) is 40.2 Å². The van der Waals surface area contributed by atoms with E-state index in [0.717, 1.165) is 6.42 Å². The van der Waals surface area contributed by atoms with Gasteiger partial charge in [0.15, 0.2) is 28.6 Å². The molecule has 7 rings (SSSR count). The van der Waals surface area contributed by atoms with E-state index in [2.05, 4.69) is 10.6 Å². The third-order valence-corrected chi connectivity index (χ3v) is 10.00. The molecule has 4 aliphatic rings.